The molecule has 1 N–H and O–H groups in total. The van der Waals surface area contributed by atoms with E-state index in [1.54, 1.807) is 30.3 Å². The van der Waals surface area contributed by atoms with Gasteiger partial charge in [0, 0.05) is 17.9 Å². The predicted molar refractivity (Wildman–Crippen MR) is 102 cm³/mol. The molecular formula is C21H20N2O5. The third-order valence-corrected chi connectivity index (χ3v) is 4.28. The second kappa shape index (κ2) is 8.47. The predicted octanol–water partition coefficient (Wildman–Crippen LogP) is 2.99. The number of ketones is 1. The quantitative estimate of drug-likeness (QED) is 0.500. The molecule has 0 spiro atoms. The van der Waals surface area contributed by atoms with Gasteiger partial charge in [0.15, 0.2) is 18.0 Å². The first kappa shape index (κ1) is 19.3. The number of carbonyl (C=O) groups excluding carboxylic acids is 3. The van der Waals surface area contributed by atoms with Gasteiger partial charge in [-0.25, -0.2) is 0 Å². The summed E-state index contributed by atoms with van der Waals surface area (Å²) in [6, 6.07) is 13.9. The molecule has 3 aromatic rings. The lowest BCUT2D eigenvalue weighted by Gasteiger charge is -2.13. The average Bonchev–Trinajstić information content (AvgIpc) is 3.08. The molecular weight excluding hydrogens is 360 g/mol. The summed E-state index contributed by atoms with van der Waals surface area (Å²) in [4.78, 5) is 35.4. The molecule has 0 aliphatic heterocycles. The molecule has 1 aromatic heterocycles. The Balaban J connectivity index is 1.54. The summed E-state index contributed by atoms with van der Waals surface area (Å²) in [5.41, 5.74) is 2.37. The standard InChI is InChI=1S/C21H20N2O5/c1-13(22-14(2)24)15-7-9-16(10-8-15)19(25)12-27-21(26)11-18-17-5-3-4-6-20(17)28-23-18/h3-10,13H,11-12H2,1-2H3,(H,22,24)/t13-/m1/s1. The molecule has 1 amide bonds. The van der Waals surface area contributed by atoms with E-state index in [4.69, 9.17) is 9.26 Å². The van der Waals surface area contributed by atoms with Crippen molar-refractivity contribution in [3.05, 3.63) is 65.4 Å². The van der Waals surface area contributed by atoms with Crippen LogP contribution in [0.15, 0.2) is 53.1 Å². The zero-order valence-corrected chi connectivity index (χ0v) is 15.6. The van der Waals surface area contributed by atoms with Crippen molar-refractivity contribution in [3.63, 3.8) is 0 Å². The monoisotopic (exact) mass is 380 g/mol. The van der Waals surface area contributed by atoms with Crippen molar-refractivity contribution in [2.24, 2.45) is 0 Å². The van der Waals surface area contributed by atoms with E-state index in [1.165, 1.54) is 6.92 Å². The fraction of sp³-hybridized carbons (Fsp3) is 0.238. The number of Topliss-reactive ketones (excluding diaryl/α,β-unsaturated/α-hetero) is 1. The maximum atomic E-state index is 12.2. The Labute approximate surface area is 161 Å². The van der Waals surface area contributed by atoms with Crippen molar-refractivity contribution < 1.29 is 23.6 Å². The van der Waals surface area contributed by atoms with Crippen LogP contribution in [0.4, 0.5) is 0 Å². The minimum atomic E-state index is -0.552. The van der Waals surface area contributed by atoms with Crippen LogP contribution in [0.25, 0.3) is 11.0 Å². The summed E-state index contributed by atoms with van der Waals surface area (Å²) >= 11 is 0. The number of hydrogen-bond donors (Lipinski definition) is 1. The van der Waals surface area contributed by atoms with E-state index in [0.29, 0.717) is 16.8 Å². The minimum absolute atomic E-state index is 0.0720. The lowest BCUT2D eigenvalue weighted by atomic mass is 10.0. The molecule has 0 unspecified atom stereocenters. The van der Waals surface area contributed by atoms with Crippen LogP contribution in [0.3, 0.4) is 0 Å². The summed E-state index contributed by atoms with van der Waals surface area (Å²) < 4.78 is 10.2. The van der Waals surface area contributed by atoms with E-state index >= 15 is 0 Å². The van der Waals surface area contributed by atoms with E-state index in [0.717, 1.165) is 10.9 Å². The Morgan fingerprint density at radius 1 is 1.11 bits per heavy atom. The van der Waals surface area contributed by atoms with Crippen molar-refractivity contribution in [2.75, 3.05) is 6.61 Å². The number of nitrogens with zero attached hydrogens (tertiary/aromatic N) is 1. The highest BCUT2D eigenvalue weighted by molar-refractivity contribution is 5.98. The molecule has 0 bridgehead atoms. The van der Waals surface area contributed by atoms with Gasteiger partial charge in [-0.05, 0) is 24.6 Å². The van der Waals surface area contributed by atoms with Gasteiger partial charge < -0.3 is 14.6 Å². The number of ether oxygens (including phenoxy) is 1. The van der Waals surface area contributed by atoms with Crippen LogP contribution >= 0.6 is 0 Å². The van der Waals surface area contributed by atoms with E-state index in [1.807, 2.05) is 25.1 Å². The Kier molecular flexibility index (Phi) is 5.84. The first-order valence-electron chi connectivity index (χ1n) is 8.83. The summed E-state index contributed by atoms with van der Waals surface area (Å²) in [6.45, 7) is 2.95. The molecule has 0 saturated heterocycles. The first-order valence-corrected chi connectivity index (χ1v) is 8.83. The third kappa shape index (κ3) is 4.62. The van der Waals surface area contributed by atoms with Crippen molar-refractivity contribution in [2.45, 2.75) is 26.3 Å². The maximum Gasteiger partial charge on any atom is 0.312 e. The smallest absolute Gasteiger partial charge is 0.312 e. The molecule has 3 rings (SSSR count). The van der Waals surface area contributed by atoms with Gasteiger partial charge in [-0.1, -0.05) is 41.6 Å². The summed E-state index contributed by atoms with van der Waals surface area (Å²) in [5.74, 6) is -0.986. The fourth-order valence-corrected chi connectivity index (χ4v) is 2.83. The maximum absolute atomic E-state index is 12.2. The molecule has 7 nitrogen and oxygen atoms in total. The van der Waals surface area contributed by atoms with E-state index in [-0.39, 0.29) is 30.8 Å². The van der Waals surface area contributed by atoms with Crippen LogP contribution < -0.4 is 5.32 Å². The normalized spacial score (nSPS) is 11.8. The number of nitrogens with one attached hydrogen (secondary N) is 1. The fourth-order valence-electron chi connectivity index (χ4n) is 2.83. The zero-order valence-electron chi connectivity index (χ0n) is 15.6. The molecule has 1 atom stereocenters. The number of para-hydroxylation sites is 1. The van der Waals surface area contributed by atoms with Crippen molar-refractivity contribution in [1.82, 2.24) is 10.5 Å². The highest BCUT2D eigenvalue weighted by atomic mass is 16.5. The number of hydrogen-bond acceptors (Lipinski definition) is 6. The SMILES string of the molecule is CC(=O)N[C@H](C)c1ccc(C(=O)COC(=O)Cc2noc3ccccc23)cc1. The van der Waals surface area contributed by atoms with Crippen LogP contribution in [0.5, 0.6) is 0 Å². The van der Waals surface area contributed by atoms with E-state index in [9.17, 15) is 14.4 Å². The number of rotatable bonds is 7. The van der Waals surface area contributed by atoms with Gasteiger partial charge in [0.05, 0.1) is 12.5 Å². The van der Waals surface area contributed by atoms with Gasteiger partial charge in [0.2, 0.25) is 5.91 Å². The highest BCUT2D eigenvalue weighted by Crippen LogP contribution is 2.18. The third-order valence-electron chi connectivity index (χ3n) is 4.28. The van der Waals surface area contributed by atoms with Gasteiger partial charge in [-0.3, -0.25) is 14.4 Å². The number of fused-ring (bicyclic) bond motifs is 1. The van der Waals surface area contributed by atoms with Crippen LogP contribution in [0.2, 0.25) is 0 Å². The van der Waals surface area contributed by atoms with Crippen molar-refractivity contribution in [3.8, 4) is 0 Å². The molecule has 144 valence electrons. The number of benzene rings is 2. The summed E-state index contributed by atoms with van der Waals surface area (Å²) in [6.07, 6.45) is -0.0720. The van der Waals surface area contributed by atoms with Gasteiger partial charge in [0.1, 0.15) is 5.69 Å². The lowest BCUT2D eigenvalue weighted by molar-refractivity contribution is -0.141. The molecule has 0 aliphatic carbocycles. The lowest BCUT2D eigenvalue weighted by Crippen LogP contribution is -2.23. The zero-order chi connectivity index (χ0) is 20.1. The van der Waals surface area contributed by atoms with Crippen LogP contribution in [0.1, 0.15) is 41.5 Å². The molecule has 0 aliphatic rings. The molecule has 7 heteroatoms. The Morgan fingerprint density at radius 3 is 2.54 bits per heavy atom. The second-order valence-corrected chi connectivity index (χ2v) is 6.43. The number of carbonyl (C=O) groups is 3. The van der Waals surface area contributed by atoms with E-state index < -0.39 is 5.97 Å². The van der Waals surface area contributed by atoms with Gasteiger partial charge in [-0.2, -0.15) is 0 Å². The summed E-state index contributed by atoms with van der Waals surface area (Å²) in [7, 11) is 0. The molecule has 0 radical (unpaired) electrons. The van der Waals surface area contributed by atoms with Gasteiger partial charge in [-0.15, -0.1) is 0 Å². The molecule has 2 aromatic carbocycles. The molecule has 1 heterocycles. The Hall–Kier alpha value is -3.48. The first-order chi connectivity index (χ1) is 13.4. The Morgan fingerprint density at radius 2 is 1.82 bits per heavy atom. The largest absolute Gasteiger partial charge is 0.457 e. The van der Waals surface area contributed by atoms with Crippen LogP contribution in [-0.2, 0) is 20.7 Å². The average molecular weight is 380 g/mol. The van der Waals surface area contributed by atoms with E-state index in [2.05, 4.69) is 10.5 Å². The Bertz CT molecular complexity index is 1010. The molecule has 0 saturated carbocycles. The number of esters is 1. The molecule has 28 heavy (non-hydrogen) atoms. The second-order valence-electron chi connectivity index (χ2n) is 6.43. The van der Waals surface area contributed by atoms with Crippen molar-refractivity contribution >= 4 is 28.6 Å². The van der Waals surface area contributed by atoms with Crippen LogP contribution in [0, 0.1) is 0 Å². The molecule has 0 fully saturated rings. The van der Waals surface area contributed by atoms with Crippen LogP contribution in [-0.4, -0.2) is 29.4 Å². The van der Waals surface area contributed by atoms with Gasteiger partial charge >= 0.3 is 5.97 Å². The number of amides is 1. The number of aromatic nitrogens is 1. The van der Waals surface area contributed by atoms with Crippen molar-refractivity contribution in [1.29, 1.82) is 0 Å². The minimum Gasteiger partial charge on any atom is -0.457 e. The van der Waals surface area contributed by atoms with Gasteiger partial charge in [0.25, 0.3) is 0 Å². The summed E-state index contributed by atoms with van der Waals surface area (Å²) in [5, 5.41) is 7.40. The highest BCUT2D eigenvalue weighted by Gasteiger charge is 2.15. The topological polar surface area (TPSA) is 98.5 Å².